The van der Waals surface area contributed by atoms with Crippen molar-refractivity contribution in [2.75, 3.05) is 182 Å². The number of ether oxygens (including phenoxy) is 12. The highest BCUT2D eigenvalue weighted by atomic mass is 16.8. The minimum absolute atomic E-state index is 0.0123. The Bertz CT molecular complexity index is 5470. The summed E-state index contributed by atoms with van der Waals surface area (Å²) in [5.41, 5.74) is 13.9. The highest BCUT2D eigenvalue weighted by Gasteiger charge is 2.41. The third kappa shape index (κ3) is 37.1. The second kappa shape index (κ2) is 63.2. The first-order valence-corrected chi connectivity index (χ1v) is 50.7. The number of fused-ring (bicyclic) bond motifs is 9. The summed E-state index contributed by atoms with van der Waals surface area (Å²) in [6.45, 7) is 14.0. The topological polar surface area (TPSA) is 505 Å². The molecule has 148 heavy (non-hydrogen) atoms. The highest BCUT2D eigenvalue weighted by Crippen LogP contribution is 2.50. The van der Waals surface area contributed by atoms with E-state index >= 15 is 0 Å². The summed E-state index contributed by atoms with van der Waals surface area (Å²) < 4.78 is 64.1. The Labute approximate surface area is 860 Å². The van der Waals surface area contributed by atoms with E-state index in [9.17, 15) is 76.7 Å². The van der Waals surface area contributed by atoms with E-state index in [1.807, 2.05) is 25.1 Å². The van der Waals surface area contributed by atoms with E-state index in [0.717, 1.165) is 107 Å². The first-order chi connectivity index (χ1) is 71.8. The zero-order valence-electron chi connectivity index (χ0n) is 85.1. The number of nitrogens with one attached hydrogen (secondary N) is 7. The van der Waals surface area contributed by atoms with Crippen molar-refractivity contribution in [2.45, 2.75) is 193 Å². The lowest BCUT2D eigenvalue weighted by molar-refractivity contribution is -0.177. The molecule has 0 radical (unpaired) electrons. The van der Waals surface area contributed by atoms with Gasteiger partial charge in [0.05, 0.1) is 26.4 Å². The predicted molar refractivity (Wildman–Crippen MR) is 538 cm³/mol. The van der Waals surface area contributed by atoms with Gasteiger partial charge in [0.15, 0.2) is 0 Å². The lowest BCUT2D eigenvalue weighted by Crippen LogP contribution is -2.32. The first kappa shape index (κ1) is 116. The molecule has 7 N–H and O–H groups in total. The Hall–Kier alpha value is -13.5. The molecule has 3 atom stereocenters. The molecule has 0 spiro atoms. The third-order valence-electron chi connectivity index (χ3n) is 24.4. The van der Waals surface area contributed by atoms with Gasteiger partial charge in [0.2, 0.25) is 35.4 Å². The van der Waals surface area contributed by atoms with E-state index in [0.29, 0.717) is 217 Å². The lowest BCUT2D eigenvalue weighted by Gasteiger charge is -2.17. The molecule has 3 unspecified atom stereocenters. The summed E-state index contributed by atoms with van der Waals surface area (Å²) in [7, 11) is 4.86. The molecular formula is C107H138N10O31. The number of nitrogens with zero attached hydrogens (tertiary/aromatic N) is 3. The van der Waals surface area contributed by atoms with Crippen molar-refractivity contribution in [1.82, 2.24) is 36.5 Å². The highest BCUT2D eigenvalue weighted by molar-refractivity contribution is 6.06. The second-order valence-corrected chi connectivity index (χ2v) is 35.5. The molecule has 13 amide bonds. The van der Waals surface area contributed by atoms with Crippen molar-refractivity contribution < 1.29 is 148 Å². The molecule has 41 nitrogen and oxygen atoms in total. The summed E-state index contributed by atoms with van der Waals surface area (Å²) >= 11 is 0. The van der Waals surface area contributed by atoms with Gasteiger partial charge in [0.25, 0.3) is 41.4 Å². The third-order valence-corrected chi connectivity index (χ3v) is 24.4. The van der Waals surface area contributed by atoms with Crippen LogP contribution in [-0.2, 0) is 142 Å². The summed E-state index contributed by atoms with van der Waals surface area (Å²) in [5.74, 6) is -6.54. The molecule has 12 rings (SSSR count). The van der Waals surface area contributed by atoms with Gasteiger partial charge in [-0.1, -0.05) is 122 Å². The SMILES string of the molecule is CCCCOCC(=O)Nc1ccc2c(c1)C(COC(=O)ON1C(=O)CCC1=O)c1cc(NC(=O)COCCCOC)ccc1-2.CCCCOCCNC(=O)CCCC(=O)Nc1ccc2c(c1)C(COC(=O)ON1C(=O)CCC1=O)c1cccc(C(=O)NCCOCCCOC)c1-2.CCCCOCCNC(=O)CCCc1ccc2c(c1)C(COC(=O)ON1C(=O)CCC1=O)c1cc(CCCC(=O)NCCOCCCOC)ccc1-2. The Morgan fingerprint density at radius 2 is 0.615 bits per heavy atom. The van der Waals surface area contributed by atoms with E-state index in [-0.39, 0.29) is 138 Å². The molecule has 3 saturated heterocycles. The van der Waals surface area contributed by atoms with Crippen LogP contribution < -0.4 is 37.2 Å². The minimum Gasteiger partial charge on any atom is -0.432 e. The second-order valence-electron chi connectivity index (χ2n) is 35.5. The van der Waals surface area contributed by atoms with Gasteiger partial charge in [-0.15, -0.1) is 0 Å². The van der Waals surface area contributed by atoms with Crippen LogP contribution in [0.1, 0.15) is 235 Å². The molecule has 6 aromatic carbocycles. The van der Waals surface area contributed by atoms with Crippen molar-refractivity contribution in [2.24, 2.45) is 0 Å². The number of benzene rings is 6. The molecular weight excluding hydrogens is 1920 g/mol. The number of aryl methyl sites for hydroxylation is 2. The van der Waals surface area contributed by atoms with E-state index in [4.69, 9.17) is 71.4 Å². The Kier molecular flexibility index (Phi) is 49.7. The fourth-order valence-electron chi connectivity index (χ4n) is 16.9. The lowest BCUT2D eigenvalue weighted by atomic mass is 9.94. The summed E-state index contributed by atoms with van der Waals surface area (Å²) in [4.78, 5) is 212. The van der Waals surface area contributed by atoms with Gasteiger partial charge in [-0.25, -0.2) is 14.4 Å². The molecule has 3 heterocycles. The standard InChI is InChI=1S/C39H53N3O10.C37H48N4O11.C31H37N3O10/c1-3-4-21-49-23-18-40-35(43)10-5-8-28-12-14-30-31-15-13-29(9-6-11-36(44)41-19-24-50-22-7-20-48-2)26-33(31)34(32(30)25-28)27-51-39(47)52-42-37(45)16-17-38(42)46;1-3-4-19-49-21-16-38-31(42)10-6-11-32(43)40-25-12-13-27-29(23-25)30(24-51-37(47)52-41-33(44)14-15-34(41)45)26-8-5-9-28(35(26)27)36(46)39-17-22-50-20-7-18-48-2;1-3-4-13-41-18-27(35)32-20-6-8-22-23-9-7-21(33-28(36)19-42-14-5-12-40-2)16-25(23)26(24(22)15-20)17-43-31(39)44-34-29(37)10-11-30(34)38/h12-15,25-26,34H,3-11,16-24,27H2,1-2H3,(H,40,43)(H,41,44);5,8-9,12-13,23,30H,3-4,6-7,10-11,14-22,24H2,1-2H3,(H,38,42)(H,39,46)(H,40,43);6-9,15-16,26H,3-5,10-14,17-19H2,1-2H3,(H,32,35)(H,33,36). The van der Waals surface area contributed by atoms with Crippen LogP contribution in [0.4, 0.5) is 31.4 Å². The number of imide groups is 3. The average Bonchev–Trinajstić information content (AvgIpc) is 1.40. The Balaban J connectivity index is 0.000000228. The maximum absolute atomic E-state index is 13.4. The molecule has 6 aliphatic rings. The van der Waals surface area contributed by atoms with Crippen LogP contribution in [0.5, 0.6) is 0 Å². The van der Waals surface area contributed by atoms with Gasteiger partial charge >= 0.3 is 18.5 Å². The van der Waals surface area contributed by atoms with E-state index < -0.39 is 65.7 Å². The number of hydrogen-bond acceptors (Lipinski definition) is 31. The van der Waals surface area contributed by atoms with Crippen molar-refractivity contribution in [1.29, 1.82) is 0 Å². The molecule has 802 valence electrons. The number of carbonyl (C=O) groups is 16. The number of amides is 13. The van der Waals surface area contributed by atoms with Crippen molar-refractivity contribution >= 4 is 112 Å². The maximum Gasteiger partial charge on any atom is 0.533 e. The fourth-order valence-corrected chi connectivity index (χ4v) is 16.9. The molecule has 3 aliphatic heterocycles. The molecule has 41 heteroatoms. The van der Waals surface area contributed by atoms with Crippen LogP contribution in [0.3, 0.4) is 0 Å². The molecule has 0 aromatic heterocycles. The van der Waals surface area contributed by atoms with Gasteiger partial charge in [-0.2, -0.15) is 0 Å². The molecule has 3 fully saturated rings. The number of hydroxylamine groups is 6. The van der Waals surface area contributed by atoms with Crippen molar-refractivity contribution in [3.05, 3.63) is 159 Å². The van der Waals surface area contributed by atoms with Gasteiger partial charge in [0, 0.05) is 212 Å². The van der Waals surface area contributed by atoms with Gasteiger partial charge < -0.3 is 94.1 Å². The van der Waals surface area contributed by atoms with E-state index in [1.165, 1.54) is 0 Å². The Morgan fingerprint density at radius 3 is 0.993 bits per heavy atom. The van der Waals surface area contributed by atoms with Crippen LogP contribution in [-0.4, -0.2) is 277 Å². The van der Waals surface area contributed by atoms with Crippen molar-refractivity contribution in [3.63, 3.8) is 0 Å². The van der Waals surface area contributed by atoms with Crippen LogP contribution in [0, 0.1) is 0 Å². The van der Waals surface area contributed by atoms with Crippen LogP contribution >= 0.6 is 0 Å². The minimum atomic E-state index is -1.23. The molecule has 6 aromatic rings. The summed E-state index contributed by atoms with van der Waals surface area (Å²) in [6.07, 6.45) is 8.46. The fraction of sp³-hybridized carbons (Fsp3) is 0.514. The summed E-state index contributed by atoms with van der Waals surface area (Å²) in [6, 6.07) is 33.7. The Morgan fingerprint density at radius 1 is 0.304 bits per heavy atom. The van der Waals surface area contributed by atoms with Crippen molar-refractivity contribution in [3.8, 4) is 33.4 Å². The molecule has 0 bridgehead atoms. The summed E-state index contributed by atoms with van der Waals surface area (Å²) in [5, 5.41) is 21.3. The number of methoxy groups -OCH3 is 3. The van der Waals surface area contributed by atoms with Gasteiger partial charge in [-0.05, 0) is 191 Å². The number of anilines is 3. The van der Waals surface area contributed by atoms with E-state index in [2.05, 4.69) is 87.5 Å². The zero-order valence-corrected chi connectivity index (χ0v) is 85.1. The van der Waals surface area contributed by atoms with Crippen LogP contribution in [0.25, 0.3) is 33.4 Å². The normalized spacial score (nSPS) is 14.7. The quantitative estimate of drug-likeness (QED) is 0.00807. The number of carbonyl (C=O) groups excluding carboxylic acids is 16. The number of unbranched alkanes of at least 4 members (excludes halogenated alkanes) is 3. The molecule has 0 saturated carbocycles. The average molecular weight is 2060 g/mol. The van der Waals surface area contributed by atoms with Crippen LogP contribution in [0.2, 0.25) is 0 Å². The monoisotopic (exact) mass is 2060 g/mol. The molecule has 3 aliphatic carbocycles. The smallest absolute Gasteiger partial charge is 0.432 e. The number of rotatable bonds is 62. The zero-order chi connectivity index (χ0) is 106. The maximum atomic E-state index is 13.4. The largest absolute Gasteiger partial charge is 0.533 e. The van der Waals surface area contributed by atoms with Gasteiger partial charge in [-0.3, -0.25) is 76.8 Å². The van der Waals surface area contributed by atoms with Gasteiger partial charge in [0.1, 0.15) is 33.0 Å². The van der Waals surface area contributed by atoms with Crippen LogP contribution in [0.15, 0.2) is 109 Å². The predicted octanol–water partition coefficient (Wildman–Crippen LogP) is 12.4. The number of hydrogen-bond donors (Lipinski definition) is 7. The van der Waals surface area contributed by atoms with E-state index in [1.54, 1.807) is 75.9 Å². The first-order valence-electron chi connectivity index (χ1n) is 50.7.